The molecule has 0 aliphatic carbocycles. The number of aryl methyl sites for hydroxylation is 1. The fourth-order valence-electron chi connectivity index (χ4n) is 2.61. The molecule has 0 saturated heterocycles. The molecular weight excluding hydrogens is 320 g/mol. The van der Waals surface area contributed by atoms with Gasteiger partial charge in [-0.2, -0.15) is 0 Å². The summed E-state index contributed by atoms with van der Waals surface area (Å²) in [5.74, 6) is 0.777. The summed E-state index contributed by atoms with van der Waals surface area (Å²) in [4.78, 5) is 13.5. The molecule has 0 radical (unpaired) electrons. The number of rotatable bonds is 6. The summed E-state index contributed by atoms with van der Waals surface area (Å²) in [6.07, 6.45) is 1.83. The number of nitrogens with zero attached hydrogens (tertiary/aromatic N) is 1. The topological polar surface area (TPSA) is 29.5 Å². The van der Waals surface area contributed by atoms with Crippen LogP contribution in [0.5, 0.6) is 5.75 Å². The highest BCUT2D eigenvalue weighted by atomic mass is 32.2. The first-order valence-electron chi connectivity index (χ1n) is 7.46. The van der Waals surface area contributed by atoms with E-state index in [0.29, 0.717) is 18.1 Å². The molecule has 23 heavy (non-hydrogen) atoms. The first kappa shape index (κ1) is 17.8. The normalized spacial score (nSPS) is 18.3. The molecule has 0 fully saturated rings. The molecule has 1 aliphatic rings. The molecule has 1 aromatic carbocycles. The summed E-state index contributed by atoms with van der Waals surface area (Å²) < 4.78 is 31.3. The second kappa shape index (κ2) is 7.81. The number of halogens is 2. The lowest BCUT2D eigenvalue weighted by molar-refractivity contribution is -0.133. The molecule has 1 amide bonds. The standard InChI is InChI=1S/C17H21F2NO2S/c1-11-4-7-15(20(17(11)21)9-16(18)19)14-6-5-13(8-12(14)2)22-10-23-3/h5-8,11,16H,4,9-10H2,1-3H3. The zero-order chi connectivity index (χ0) is 17.0. The molecule has 0 spiro atoms. The first-order valence-corrected chi connectivity index (χ1v) is 8.86. The number of benzene rings is 1. The first-order chi connectivity index (χ1) is 10.9. The third kappa shape index (κ3) is 4.25. The van der Waals surface area contributed by atoms with Crippen molar-refractivity contribution in [1.29, 1.82) is 0 Å². The molecule has 126 valence electrons. The van der Waals surface area contributed by atoms with Gasteiger partial charge in [-0.25, -0.2) is 8.78 Å². The zero-order valence-electron chi connectivity index (χ0n) is 13.5. The molecule has 0 bridgehead atoms. The summed E-state index contributed by atoms with van der Waals surface area (Å²) >= 11 is 1.57. The van der Waals surface area contributed by atoms with Gasteiger partial charge in [0.1, 0.15) is 11.7 Å². The quantitative estimate of drug-likeness (QED) is 0.728. The predicted molar refractivity (Wildman–Crippen MR) is 89.7 cm³/mol. The number of thioether (sulfide) groups is 1. The van der Waals surface area contributed by atoms with Crippen molar-refractivity contribution in [2.45, 2.75) is 26.7 Å². The minimum absolute atomic E-state index is 0.245. The van der Waals surface area contributed by atoms with Gasteiger partial charge in [0.25, 0.3) is 6.43 Å². The van der Waals surface area contributed by atoms with Crippen molar-refractivity contribution in [3.63, 3.8) is 0 Å². The van der Waals surface area contributed by atoms with Gasteiger partial charge >= 0.3 is 0 Å². The molecule has 0 saturated carbocycles. The lowest BCUT2D eigenvalue weighted by atomic mass is 9.95. The second-order valence-corrected chi connectivity index (χ2v) is 6.41. The molecule has 1 aliphatic heterocycles. The van der Waals surface area contributed by atoms with Crippen LogP contribution in [0, 0.1) is 12.8 Å². The van der Waals surface area contributed by atoms with Gasteiger partial charge in [0.2, 0.25) is 5.91 Å². The Morgan fingerprint density at radius 1 is 1.43 bits per heavy atom. The second-order valence-electron chi connectivity index (χ2n) is 5.59. The van der Waals surface area contributed by atoms with E-state index in [9.17, 15) is 13.6 Å². The Balaban J connectivity index is 2.32. The maximum absolute atomic E-state index is 12.9. The van der Waals surface area contributed by atoms with E-state index < -0.39 is 13.0 Å². The predicted octanol–water partition coefficient (Wildman–Crippen LogP) is 4.17. The van der Waals surface area contributed by atoms with E-state index in [1.807, 2.05) is 37.5 Å². The summed E-state index contributed by atoms with van der Waals surface area (Å²) in [6, 6.07) is 5.51. The fraction of sp³-hybridized carbons (Fsp3) is 0.471. The number of allylic oxidation sites excluding steroid dienone is 1. The molecule has 0 N–H and O–H groups in total. The maximum Gasteiger partial charge on any atom is 0.256 e. The van der Waals surface area contributed by atoms with Crippen LogP contribution in [0.15, 0.2) is 24.3 Å². The molecule has 2 rings (SSSR count). The highest BCUT2D eigenvalue weighted by Crippen LogP contribution is 2.32. The highest BCUT2D eigenvalue weighted by molar-refractivity contribution is 7.98. The van der Waals surface area contributed by atoms with Crippen molar-refractivity contribution in [1.82, 2.24) is 4.90 Å². The Labute approximate surface area is 139 Å². The Hall–Kier alpha value is -1.56. The SMILES string of the molecule is CSCOc1ccc(C2=CCC(C)C(=O)N2CC(F)F)c(C)c1. The highest BCUT2D eigenvalue weighted by Gasteiger charge is 2.30. The van der Waals surface area contributed by atoms with Crippen molar-refractivity contribution in [3.05, 3.63) is 35.4 Å². The Morgan fingerprint density at radius 3 is 2.78 bits per heavy atom. The number of carbonyl (C=O) groups excluding carboxylic acids is 1. The van der Waals surface area contributed by atoms with Crippen LogP contribution >= 0.6 is 11.8 Å². The van der Waals surface area contributed by atoms with Crippen LogP contribution in [0.3, 0.4) is 0 Å². The number of alkyl halides is 2. The van der Waals surface area contributed by atoms with Gasteiger partial charge in [-0.3, -0.25) is 4.79 Å². The van der Waals surface area contributed by atoms with Crippen LogP contribution in [-0.4, -0.2) is 36.0 Å². The average molecular weight is 341 g/mol. The monoisotopic (exact) mass is 341 g/mol. The van der Waals surface area contributed by atoms with Crippen molar-refractivity contribution >= 4 is 23.4 Å². The smallest absolute Gasteiger partial charge is 0.256 e. The van der Waals surface area contributed by atoms with Crippen LogP contribution < -0.4 is 4.74 Å². The maximum atomic E-state index is 12.9. The third-order valence-electron chi connectivity index (χ3n) is 3.78. The van der Waals surface area contributed by atoms with Crippen LogP contribution in [0.1, 0.15) is 24.5 Å². The van der Waals surface area contributed by atoms with Gasteiger partial charge in [0.05, 0.1) is 6.54 Å². The number of hydrogen-bond acceptors (Lipinski definition) is 3. The third-order valence-corrected chi connectivity index (χ3v) is 4.13. The van der Waals surface area contributed by atoms with Gasteiger partial charge in [0.15, 0.2) is 0 Å². The molecular formula is C17H21F2NO2S. The average Bonchev–Trinajstić information content (AvgIpc) is 2.50. The van der Waals surface area contributed by atoms with E-state index in [4.69, 9.17) is 4.74 Å². The number of carbonyl (C=O) groups is 1. The van der Waals surface area contributed by atoms with Gasteiger partial charge in [-0.1, -0.05) is 13.0 Å². The molecule has 6 heteroatoms. The zero-order valence-corrected chi connectivity index (χ0v) is 14.3. The molecule has 1 atom stereocenters. The van der Waals surface area contributed by atoms with Gasteiger partial charge < -0.3 is 9.64 Å². The van der Waals surface area contributed by atoms with Gasteiger partial charge in [-0.15, -0.1) is 11.8 Å². The van der Waals surface area contributed by atoms with E-state index in [1.54, 1.807) is 18.7 Å². The van der Waals surface area contributed by atoms with E-state index >= 15 is 0 Å². The van der Waals surface area contributed by atoms with Crippen molar-refractivity contribution in [2.24, 2.45) is 5.92 Å². The summed E-state index contributed by atoms with van der Waals surface area (Å²) in [6.45, 7) is 3.09. The van der Waals surface area contributed by atoms with Crippen molar-refractivity contribution in [3.8, 4) is 5.75 Å². The van der Waals surface area contributed by atoms with Crippen LogP contribution in [0.25, 0.3) is 5.70 Å². The number of amides is 1. The lowest BCUT2D eigenvalue weighted by Gasteiger charge is -2.32. The molecule has 1 aromatic rings. The number of hydrogen-bond donors (Lipinski definition) is 0. The van der Waals surface area contributed by atoms with E-state index in [2.05, 4.69) is 0 Å². The van der Waals surface area contributed by atoms with Gasteiger partial charge in [-0.05, 0) is 43.4 Å². The molecule has 0 aromatic heterocycles. The largest absolute Gasteiger partial charge is 0.483 e. The molecule has 3 nitrogen and oxygen atoms in total. The lowest BCUT2D eigenvalue weighted by Crippen LogP contribution is -2.39. The van der Waals surface area contributed by atoms with Crippen LogP contribution in [0.2, 0.25) is 0 Å². The minimum atomic E-state index is -2.56. The van der Waals surface area contributed by atoms with E-state index in [-0.39, 0.29) is 11.8 Å². The van der Waals surface area contributed by atoms with Crippen LogP contribution in [-0.2, 0) is 4.79 Å². The summed E-state index contributed by atoms with van der Waals surface area (Å²) in [5.41, 5.74) is 2.26. The van der Waals surface area contributed by atoms with Crippen molar-refractivity contribution < 1.29 is 18.3 Å². The Morgan fingerprint density at radius 2 is 2.17 bits per heavy atom. The van der Waals surface area contributed by atoms with Crippen molar-refractivity contribution in [2.75, 3.05) is 18.7 Å². The van der Waals surface area contributed by atoms with Gasteiger partial charge in [0, 0.05) is 17.2 Å². The summed E-state index contributed by atoms with van der Waals surface area (Å²) in [7, 11) is 0. The summed E-state index contributed by atoms with van der Waals surface area (Å²) in [5, 5.41) is 0. The molecule has 1 unspecified atom stereocenters. The molecule has 1 heterocycles. The Kier molecular flexibility index (Phi) is 6.04. The van der Waals surface area contributed by atoms with Crippen LogP contribution in [0.4, 0.5) is 8.78 Å². The Bertz CT molecular complexity index is 604. The van der Waals surface area contributed by atoms with E-state index in [1.165, 1.54) is 4.90 Å². The van der Waals surface area contributed by atoms with E-state index in [0.717, 1.165) is 16.9 Å². The number of ether oxygens (including phenoxy) is 1. The minimum Gasteiger partial charge on any atom is -0.483 e. The fourth-order valence-corrected chi connectivity index (χ4v) is 2.86.